The molecule has 2 atom stereocenters. The van der Waals surface area contributed by atoms with Crippen LogP contribution < -0.4 is 5.32 Å². The van der Waals surface area contributed by atoms with E-state index in [9.17, 15) is 4.79 Å². The number of carbonyl (C=O) groups excluding carboxylic acids is 1. The summed E-state index contributed by atoms with van der Waals surface area (Å²) in [5.41, 5.74) is 2.63. The van der Waals surface area contributed by atoms with Gasteiger partial charge in [-0.15, -0.1) is 0 Å². The fourth-order valence-electron chi connectivity index (χ4n) is 4.30. The van der Waals surface area contributed by atoms with Crippen molar-refractivity contribution < 1.29 is 14.3 Å². The van der Waals surface area contributed by atoms with E-state index in [0.717, 1.165) is 32.2 Å². The standard InChI is InChI=1S/C19H26N2O3/c1-19(23-11-12-24-19)15-6-4-10-21(13-15)18(22)20-17-9-8-14-5-2-3-7-16(14)17/h2-3,5,7,15,17H,4,6,8-13H2,1H3,(H,20,22)/t15-,17-/m1/s1. The van der Waals surface area contributed by atoms with Gasteiger partial charge in [-0.1, -0.05) is 24.3 Å². The molecule has 5 nitrogen and oxygen atoms in total. The maximum Gasteiger partial charge on any atom is 0.317 e. The molecule has 1 N–H and O–H groups in total. The summed E-state index contributed by atoms with van der Waals surface area (Å²) in [6.07, 6.45) is 4.09. The number of hydrogen-bond donors (Lipinski definition) is 1. The molecule has 0 unspecified atom stereocenters. The van der Waals surface area contributed by atoms with Crippen molar-refractivity contribution in [3.63, 3.8) is 0 Å². The van der Waals surface area contributed by atoms with Crippen molar-refractivity contribution in [2.24, 2.45) is 5.92 Å². The Morgan fingerprint density at radius 1 is 1.25 bits per heavy atom. The number of benzene rings is 1. The second kappa shape index (κ2) is 6.37. The van der Waals surface area contributed by atoms with Gasteiger partial charge in [0.2, 0.25) is 0 Å². The summed E-state index contributed by atoms with van der Waals surface area (Å²) < 4.78 is 11.6. The van der Waals surface area contributed by atoms with E-state index in [-0.39, 0.29) is 18.0 Å². The third-order valence-electron chi connectivity index (χ3n) is 5.74. The molecule has 2 heterocycles. The molecular weight excluding hydrogens is 304 g/mol. The minimum atomic E-state index is -0.529. The fraction of sp³-hybridized carbons (Fsp3) is 0.632. The van der Waals surface area contributed by atoms with Crippen LogP contribution in [0.2, 0.25) is 0 Å². The number of urea groups is 1. The van der Waals surface area contributed by atoms with E-state index in [1.807, 2.05) is 11.8 Å². The molecule has 0 saturated carbocycles. The smallest absolute Gasteiger partial charge is 0.317 e. The number of rotatable bonds is 2. The SMILES string of the molecule is CC1([C@@H]2CCCN(C(=O)N[C@@H]3CCc4ccccc43)C2)OCCO1. The summed E-state index contributed by atoms with van der Waals surface area (Å²) in [6.45, 7) is 4.83. The molecule has 24 heavy (non-hydrogen) atoms. The largest absolute Gasteiger partial charge is 0.347 e. The maximum atomic E-state index is 12.8. The number of likely N-dealkylation sites (tertiary alicyclic amines) is 1. The third-order valence-corrected chi connectivity index (χ3v) is 5.74. The molecule has 4 rings (SSSR count). The van der Waals surface area contributed by atoms with Gasteiger partial charge in [-0.2, -0.15) is 0 Å². The van der Waals surface area contributed by atoms with E-state index in [1.54, 1.807) is 0 Å². The molecule has 0 spiro atoms. The summed E-state index contributed by atoms with van der Waals surface area (Å²) in [5.74, 6) is -0.283. The van der Waals surface area contributed by atoms with Gasteiger partial charge < -0.3 is 19.7 Å². The normalized spacial score (nSPS) is 28.6. The number of nitrogens with zero attached hydrogens (tertiary/aromatic N) is 1. The Morgan fingerprint density at radius 2 is 2.04 bits per heavy atom. The van der Waals surface area contributed by atoms with Crippen LogP contribution in [0.15, 0.2) is 24.3 Å². The van der Waals surface area contributed by atoms with E-state index in [0.29, 0.717) is 19.8 Å². The molecule has 0 bridgehead atoms. The first-order valence-corrected chi connectivity index (χ1v) is 9.07. The molecule has 5 heteroatoms. The molecule has 0 aromatic heterocycles. The molecule has 1 aromatic rings. The summed E-state index contributed by atoms with van der Waals surface area (Å²) in [7, 11) is 0. The fourth-order valence-corrected chi connectivity index (χ4v) is 4.30. The average Bonchev–Trinajstić information content (AvgIpc) is 3.23. The van der Waals surface area contributed by atoms with Crippen molar-refractivity contribution in [2.45, 2.75) is 44.4 Å². The lowest BCUT2D eigenvalue weighted by Gasteiger charge is -2.40. The van der Waals surface area contributed by atoms with E-state index < -0.39 is 5.79 Å². The third kappa shape index (κ3) is 2.91. The maximum absolute atomic E-state index is 12.8. The first-order valence-electron chi connectivity index (χ1n) is 9.07. The number of ether oxygens (including phenoxy) is 2. The van der Waals surface area contributed by atoms with Crippen LogP contribution >= 0.6 is 0 Å². The number of amides is 2. The predicted molar refractivity (Wildman–Crippen MR) is 90.6 cm³/mol. The second-order valence-electron chi connectivity index (χ2n) is 7.24. The zero-order chi connectivity index (χ0) is 16.6. The van der Waals surface area contributed by atoms with E-state index in [2.05, 4.69) is 29.6 Å². The van der Waals surface area contributed by atoms with Crippen LogP contribution in [-0.4, -0.2) is 43.0 Å². The predicted octanol–water partition coefficient (Wildman–Crippen LogP) is 2.86. The summed E-state index contributed by atoms with van der Waals surface area (Å²) in [4.78, 5) is 14.7. The Balaban J connectivity index is 1.40. The quantitative estimate of drug-likeness (QED) is 0.907. The van der Waals surface area contributed by atoms with Gasteiger partial charge in [0.25, 0.3) is 0 Å². The van der Waals surface area contributed by atoms with Crippen LogP contribution in [-0.2, 0) is 15.9 Å². The topological polar surface area (TPSA) is 50.8 Å². The monoisotopic (exact) mass is 330 g/mol. The highest BCUT2D eigenvalue weighted by atomic mass is 16.7. The van der Waals surface area contributed by atoms with Gasteiger partial charge in [0.15, 0.2) is 5.79 Å². The summed E-state index contributed by atoms with van der Waals surface area (Å²) in [5, 5.41) is 3.23. The lowest BCUT2D eigenvalue weighted by Crippen LogP contribution is -2.51. The zero-order valence-corrected chi connectivity index (χ0v) is 14.3. The van der Waals surface area contributed by atoms with Gasteiger partial charge in [0.1, 0.15) is 0 Å². The van der Waals surface area contributed by atoms with Gasteiger partial charge >= 0.3 is 6.03 Å². The van der Waals surface area contributed by atoms with Crippen molar-refractivity contribution in [3.05, 3.63) is 35.4 Å². The molecule has 0 radical (unpaired) electrons. The van der Waals surface area contributed by atoms with Crippen molar-refractivity contribution >= 4 is 6.03 Å². The lowest BCUT2D eigenvalue weighted by molar-refractivity contribution is -0.189. The number of piperidine rings is 1. The van der Waals surface area contributed by atoms with Crippen LogP contribution in [0.1, 0.15) is 43.4 Å². The highest BCUT2D eigenvalue weighted by molar-refractivity contribution is 5.75. The minimum Gasteiger partial charge on any atom is -0.347 e. The molecule has 2 aliphatic heterocycles. The molecule has 2 fully saturated rings. The molecule has 1 aromatic carbocycles. The van der Waals surface area contributed by atoms with Crippen molar-refractivity contribution in [3.8, 4) is 0 Å². The molecule has 1 aliphatic carbocycles. The number of fused-ring (bicyclic) bond motifs is 1. The molecular formula is C19H26N2O3. The molecule has 130 valence electrons. The highest BCUT2D eigenvalue weighted by Gasteiger charge is 2.42. The number of hydrogen-bond acceptors (Lipinski definition) is 3. The minimum absolute atomic E-state index is 0.0444. The second-order valence-corrected chi connectivity index (χ2v) is 7.24. The van der Waals surface area contributed by atoms with Crippen molar-refractivity contribution in [1.82, 2.24) is 10.2 Å². The van der Waals surface area contributed by atoms with Crippen molar-refractivity contribution in [2.75, 3.05) is 26.3 Å². The van der Waals surface area contributed by atoms with Gasteiger partial charge in [0.05, 0.1) is 19.3 Å². The van der Waals surface area contributed by atoms with Crippen LogP contribution in [0.25, 0.3) is 0 Å². The summed E-state index contributed by atoms with van der Waals surface area (Å²) >= 11 is 0. The van der Waals surface area contributed by atoms with Gasteiger partial charge in [-0.25, -0.2) is 4.79 Å². The van der Waals surface area contributed by atoms with Gasteiger partial charge in [-0.05, 0) is 43.7 Å². The first kappa shape index (κ1) is 15.9. The van der Waals surface area contributed by atoms with Gasteiger partial charge in [0, 0.05) is 19.0 Å². The lowest BCUT2D eigenvalue weighted by atomic mass is 9.90. The Bertz CT molecular complexity index is 612. The van der Waals surface area contributed by atoms with Crippen molar-refractivity contribution in [1.29, 1.82) is 0 Å². The Kier molecular flexibility index (Phi) is 4.22. The van der Waals surface area contributed by atoms with E-state index in [1.165, 1.54) is 11.1 Å². The number of carbonyl (C=O) groups is 1. The van der Waals surface area contributed by atoms with Crippen LogP contribution in [0, 0.1) is 5.92 Å². The number of nitrogens with one attached hydrogen (secondary N) is 1. The molecule has 2 amide bonds. The first-order chi connectivity index (χ1) is 11.7. The Morgan fingerprint density at radius 3 is 2.88 bits per heavy atom. The zero-order valence-electron chi connectivity index (χ0n) is 14.3. The Labute approximate surface area is 143 Å². The van der Waals surface area contributed by atoms with Gasteiger partial charge in [-0.3, -0.25) is 0 Å². The van der Waals surface area contributed by atoms with Crippen LogP contribution in [0.5, 0.6) is 0 Å². The van der Waals surface area contributed by atoms with E-state index >= 15 is 0 Å². The highest BCUT2D eigenvalue weighted by Crippen LogP contribution is 2.35. The molecule has 2 saturated heterocycles. The van der Waals surface area contributed by atoms with Crippen LogP contribution in [0.4, 0.5) is 4.79 Å². The summed E-state index contributed by atoms with van der Waals surface area (Å²) in [6, 6.07) is 8.60. The van der Waals surface area contributed by atoms with E-state index in [4.69, 9.17) is 9.47 Å². The van der Waals surface area contributed by atoms with Crippen LogP contribution in [0.3, 0.4) is 0 Å². The molecule has 3 aliphatic rings. The average molecular weight is 330 g/mol. The Hall–Kier alpha value is -1.59. The number of aryl methyl sites for hydroxylation is 1.